The van der Waals surface area contributed by atoms with Gasteiger partial charge in [0, 0.05) is 17.0 Å². The van der Waals surface area contributed by atoms with Gasteiger partial charge in [-0.05, 0) is 31.2 Å². The number of rotatable bonds is 7. The third kappa shape index (κ3) is 4.31. The minimum atomic E-state index is 0.0511. The average molecular weight is 304 g/mol. The van der Waals surface area contributed by atoms with E-state index >= 15 is 0 Å². The van der Waals surface area contributed by atoms with Crippen molar-refractivity contribution >= 4 is 17.4 Å². The van der Waals surface area contributed by atoms with Crippen LogP contribution >= 0.6 is 11.6 Å². The zero-order valence-corrected chi connectivity index (χ0v) is 12.5. The van der Waals surface area contributed by atoms with Gasteiger partial charge in [-0.2, -0.15) is 0 Å². The molecular formula is C17H18ClNO2. The van der Waals surface area contributed by atoms with Gasteiger partial charge in [-0.15, -0.1) is 0 Å². The van der Waals surface area contributed by atoms with Crippen molar-refractivity contribution < 1.29 is 9.53 Å². The first-order valence-corrected chi connectivity index (χ1v) is 7.28. The molecule has 110 valence electrons. The summed E-state index contributed by atoms with van der Waals surface area (Å²) >= 11 is 6.10. The molecule has 21 heavy (non-hydrogen) atoms. The molecule has 0 aromatic heterocycles. The summed E-state index contributed by atoms with van der Waals surface area (Å²) in [5.41, 5.74) is 6.93. The number of ketones is 1. The molecule has 0 unspecified atom stereocenters. The summed E-state index contributed by atoms with van der Waals surface area (Å²) in [5.74, 6) is 0.634. The second-order valence-electron chi connectivity index (χ2n) is 4.69. The number of benzene rings is 2. The monoisotopic (exact) mass is 303 g/mol. The van der Waals surface area contributed by atoms with Gasteiger partial charge >= 0.3 is 0 Å². The van der Waals surface area contributed by atoms with E-state index in [1.165, 1.54) is 0 Å². The fraction of sp³-hybridized carbons (Fsp3) is 0.235. The maximum Gasteiger partial charge on any atom is 0.166 e. The highest BCUT2D eigenvalue weighted by atomic mass is 35.5. The summed E-state index contributed by atoms with van der Waals surface area (Å²) in [6, 6.07) is 14.8. The predicted octanol–water partition coefficient (Wildman–Crippen LogP) is 3.84. The maximum absolute atomic E-state index is 12.1. The van der Waals surface area contributed by atoms with E-state index in [0.717, 1.165) is 5.56 Å². The summed E-state index contributed by atoms with van der Waals surface area (Å²) in [7, 11) is 0. The summed E-state index contributed by atoms with van der Waals surface area (Å²) in [5, 5.41) is 0.657. The fourth-order valence-electron chi connectivity index (χ4n) is 1.99. The van der Waals surface area contributed by atoms with Crippen molar-refractivity contribution in [3.63, 3.8) is 0 Å². The molecule has 0 saturated carbocycles. The van der Waals surface area contributed by atoms with Crippen LogP contribution in [0.5, 0.6) is 5.75 Å². The Bertz CT molecular complexity index is 613. The van der Waals surface area contributed by atoms with Crippen molar-refractivity contribution in [2.24, 2.45) is 5.73 Å². The first-order chi connectivity index (χ1) is 10.2. The van der Waals surface area contributed by atoms with Crippen molar-refractivity contribution in [1.82, 2.24) is 0 Å². The van der Waals surface area contributed by atoms with Crippen LogP contribution in [0.4, 0.5) is 0 Å². The molecule has 2 aromatic rings. The molecule has 0 bridgehead atoms. The van der Waals surface area contributed by atoms with Crippen LogP contribution in [0.15, 0.2) is 48.5 Å². The molecule has 0 aliphatic heterocycles. The second-order valence-corrected chi connectivity index (χ2v) is 5.10. The van der Waals surface area contributed by atoms with Gasteiger partial charge in [0.25, 0.3) is 0 Å². The third-order valence-electron chi connectivity index (χ3n) is 3.14. The molecule has 2 aromatic carbocycles. The molecule has 0 fully saturated rings. The summed E-state index contributed by atoms with van der Waals surface area (Å²) < 4.78 is 5.77. The van der Waals surface area contributed by atoms with Gasteiger partial charge in [0.15, 0.2) is 5.78 Å². The Balaban J connectivity index is 2.10. The van der Waals surface area contributed by atoms with Crippen molar-refractivity contribution in [3.05, 3.63) is 64.7 Å². The topological polar surface area (TPSA) is 52.3 Å². The molecule has 3 nitrogen and oxygen atoms in total. The highest BCUT2D eigenvalue weighted by molar-refractivity contribution is 6.31. The molecule has 0 amide bonds. The third-order valence-corrected chi connectivity index (χ3v) is 3.51. The molecular weight excluding hydrogens is 286 g/mol. The molecule has 0 saturated heterocycles. The van der Waals surface area contributed by atoms with Gasteiger partial charge in [0.2, 0.25) is 0 Å². The molecule has 0 spiro atoms. The lowest BCUT2D eigenvalue weighted by Gasteiger charge is -2.11. The number of para-hydroxylation sites is 1. The normalized spacial score (nSPS) is 10.4. The second kappa shape index (κ2) is 7.81. The predicted molar refractivity (Wildman–Crippen MR) is 84.8 cm³/mol. The molecule has 0 aliphatic carbocycles. The first-order valence-electron chi connectivity index (χ1n) is 6.91. The van der Waals surface area contributed by atoms with Gasteiger partial charge in [-0.1, -0.05) is 41.9 Å². The number of hydrogen-bond donors (Lipinski definition) is 1. The van der Waals surface area contributed by atoms with Gasteiger partial charge in [0.1, 0.15) is 12.4 Å². The van der Waals surface area contributed by atoms with Gasteiger partial charge in [0.05, 0.1) is 5.56 Å². The van der Waals surface area contributed by atoms with Crippen LogP contribution in [0.3, 0.4) is 0 Å². The van der Waals surface area contributed by atoms with E-state index in [4.69, 9.17) is 22.1 Å². The van der Waals surface area contributed by atoms with E-state index in [9.17, 15) is 4.79 Å². The van der Waals surface area contributed by atoms with E-state index in [2.05, 4.69) is 0 Å². The van der Waals surface area contributed by atoms with Crippen LogP contribution in [0.1, 0.15) is 28.8 Å². The largest absolute Gasteiger partial charge is 0.488 e. The number of halogens is 1. The van der Waals surface area contributed by atoms with Crippen molar-refractivity contribution in [2.75, 3.05) is 6.54 Å². The Morgan fingerprint density at radius 3 is 2.57 bits per heavy atom. The molecule has 4 heteroatoms. The highest BCUT2D eigenvalue weighted by Crippen LogP contribution is 2.23. The zero-order chi connectivity index (χ0) is 15.1. The maximum atomic E-state index is 12.1. The van der Waals surface area contributed by atoms with Crippen LogP contribution in [0, 0.1) is 0 Å². The summed E-state index contributed by atoms with van der Waals surface area (Å²) in [4.78, 5) is 12.1. The number of nitrogens with two attached hydrogens (primary N) is 1. The number of Topliss-reactive ketones (excluding diaryl/α,β-unsaturated/α-hetero) is 1. The minimum Gasteiger partial charge on any atom is -0.488 e. The average Bonchev–Trinajstić information content (AvgIpc) is 2.52. The Hall–Kier alpha value is -1.84. The highest BCUT2D eigenvalue weighted by Gasteiger charge is 2.12. The van der Waals surface area contributed by atoms with Crippen molar-refractivity contribution in [3.8, 4) is 5.75 Å². The van der Waals surface area contributed by atoms with E-state index in [1.54, 1.807) is 12.1 Å². The Morgan fingerprint density at radius 1 is 1.10 bits per heavy atom. The van der Waals surface area contributed by atoms with E-state index in [-0.39, 0.29) is 5.78 Å². The van der Waals surface area contributed by atoms with Crippen LogP contribution in [-0.4, -0.2) is 12.3 Å². The number of ether oxygens (including phenoxy) is 1. The molecule has 0 heterocycles. The SMILES string of the molecule is NCCCC(=O)c1ccccc1OCc1ccccc1Cl. The van der Waals surface area contributed by atoms with Crippen molar-refractivity contribution in [1.29, 1.82) is 0 Å². The lowest BCUT2D eigenvalue weighted by Crippen LogP contribution is -2.07. The van der Waals surface area contributed by atoms with Crippen LogP contribution < -0.4 is 10.5 Å². The minimum absolute atomic E-state index is 0.0511. The van der Waals surface area contributed by atoms with Crippen molar-refractivity contribution in [2.45, 2.75) is 19.4 Å². The Kier molecular flexibility index (Phi) is 5.78. The Morgan fingerprint density at radius 2 is 1.81 bits per heavy atom. The van der Waals surface area contributed by atoms with Crippen LogP contribution in [0.2, 0.25) is 5.02 Å². The van der Waals surface area contributed by atoms with Crippen LogP contribution in [0.25, 0.3) is 0 Å². The number of hydrogen-bond acceptors (Lipinski definition) is 3. The summed E-state index contributed by atoms with van der Waals surface area (Å²) in [6.07, 6.45) is 1.11. The molecule has 0 aliphatic rings. The molecule has 0 radical (unpaired) electrons. The standard InChI is InChI=1S/C17H18ClNO2/c18-15-8-3-1-6-13(15)12-21-17-10-4-2-7-14(17)16(20)9-5-11-19/h1-4,6-8,10H,5,9,11-12,19H2. The van der Waals surface area contributed by atoms with E-state index in [1.807, 2.05) is 36.4 Å². The van der Waals surface area contributed by atoms with E-state index in [0.29, 0.717) is 42.3 Å². The smallest absolute Gasteiger partial charge is 0.166 e. The van der Waals surface area contributed by atoms with Gasteiger partial charge < -0.3 is 10.5 Å². The van der Waals surface area contributed by atoms with Gasteiger partial charge in [-0.3, -0.25) is 4.79 Å². The number of carbonyl (C=O) groups is 1. The quantitative estimate of drug-likeness (QED) is 0.791. The zero-order valence-electron chi connectivity index (χ0n) is 11.7. The molecule has 2 N–H and O–H groups in total. The Labute approximate surface area is 129 Å². The van der Waals surface area contributed by atoms with Crippen LogP contribution in [-0.2, 0) is 6.61 Å². The molecule has 0 atom stereocenters. The van der Waals surface area contributed by atoms with E-state index < -0.39 is 0 Å². The van der Waals surface area contributed by atoms with Gasteiger partial charge in [-0.25, -0.2) is 0 Å². The molecule has 2 rings (SSSR count). The fourth-order valence-corrected chi connectivity index (χ4v) is 2.18. The first kappa shape index (κ1) is 15.5. The summed E-state index contributed by atoms with van der Waals surface area (Å²) in [6.45, 7) is 0.843. The number of carbonyl (C=O) groups excluding carboxylic acids is 1. The lowest BCUT2D eigenvalue weighted by molar-refractivity contribution is 0.0976. The lowest BCUT2D eigenvalue weighted by atomic mass is 10.1.